The second-order valence-corrected chi connectivity index (χ2v) is 4.35. The van der Waals surface area contributed by atoms with Gasteiger partial charge in [-0.3, -0.25) is 0 Å². The number of aromatic nitrogens is 2. The average Bonchev–Trinajstić information content (AvgIpc) is 2.02. The van der Waals surface area contributed by atoms with Gasteiger partial charge in [0.2, 0.25) is 0 Å². The highest BCUT2D eigenvalue weighted by atomic mass is 35.5. The summed E-state index contributed by atoms with van der Waals surface area (Å²) in [6.07, 6.45) is 0. The van der Waals surface area contributed by atoms with Gasteiger partial charge in [-0.2, -0.15) is 5.10 Å². The molecular formula is C9H11ClN2O2. The van der Waals surface area contributed by atoms with Gasteiger partial charge in [0.25, 0.3) is 0 Å². The van der Waals surface area contributed by atoms with Crippen LogP contribution < -0.4 is 0 Å². The molecule has 14 heavy (non-hydrogen) atoms. The van der Waals surface area contributed by atoms with Gasteiger partial charge in [0, 0.05) is 5.41 Å². The fourth-order valence-corrected chi connectivity index (χ4v) is 1.07. The molecule has 0 fully saturated rings. The van der Waals surface area contributed by atoms with E-state index in [-0.39, 0.29) is 16.1 Å². The van der Waals surface area contributed by atoms with Gasteiger partial charge >= 0.3 is 5.97 Å². The van der Waals surface area contributed by atoms with Crippen LogP contribution in [0.15, 0.2) is 6.07 Å². The summed E-state index contributed by atoms with van der Waals surface area (Å²) in [4.78, 5) is 10.7. The summed E-state index contributed by atoms with van der Waals surface area (Å²) in [6.45, 7) is 5.78. The van der Waals surface area contributed by atoms with Crippen LogP contribution >= 0.6 is 11.6 Å². The molecule has 1 aromatic rings. The van der Waals surface area contributed by atoms with Crippen molar-refractivity contribution in [2.24, 2.45) is 0 Å². The number of halogens is 1. The molecule has 0 radical (unpaired) electrons. The third-order valence-corrected chi connectivity index (χ3v) is 2.03. The Balaban J connectivity index is 3.27. The summed E-state index contributed by atoms with van der Waals surface area (Å²) in [7, 11) is 0. The Morgan fingerprint density at radius 1 is 1.43 bits per heavy atom. The molecule has 0 saturated heterocycles. The lowest BCUT2D eigenvalue weighted by Gasteiger charge is -2.16. The summed E-state index contributed by atoms with van der Waals surface area (Å²) in [5.41, 5.74) is 0.368. The molecule has 0 aromatic carbocycles. The van der Waals surface area contributed by atoms with Crippen LogP contribution in [0.25, 0.3) is 0 Å². The first-order valence-electron chi connectivity index (χ1n) is 4.09. The molecule has 0 saturated carbocycles. The van der Waals surface area contributed by atoms with E-state index in [0.29, 0.717) is 5.69 Å². The second kappa shape index (κ2) is 3.53. The Bertz CT molecular complexity index is 372. The van der Waals surface area contributed by atoms with E-state index in [9.17, 15) is 4.79 Å². The first-order valence-corrected chi connectivity index (χ1v) is 4.47. The van der Waals surface area contributed by atoms with Crippen LogP contribution in [0.3, 0.4) is 0 Å². The van der Waals surface area contributed by atoms with Crippen molar-refractivity contribution in [1.29, 1.82) is 0 Å². The molecule has 1 aromatic heterocycles. The Kier molecular flexibility index (Phi) is 2.76. The number of nitrogens with zero attached hydrogens (tertiary/aromatic N) is 2. The topological polar surface area (TPSA) is 63.1 Å². The minimum Gasteiger partial charge on any atom is -0.478 e. The van der Waals surface area contributed by atoms with Crippen LogP contribution in [0.1, 0.15) is 36.8 Å². The maximum absolute atomic E-state index is 10.7. The van der Waals surface area contributed by atoms with E-state index in [1.165, 1.54) is 6.07 Å². The molecule has 76 valence electrons. The molecule has 0 aliphatic carbocycles. The molecule has 0 amide bonds. The van der Waals surface area contributed by atoms with E-state index in [1.807, 2.05) is 20.8 Å². The smallest absolute Gasteiger partial charge is 0.338 e. The predicted molar refractivity (Wildman–Crippen MR) is 52.7 cm³/mol. The third kappa shape index (κ3) is 2.20. The molecule has 0 aliphatic rings. The second-order valence-electron chi connectivity index (χ2n) is 3.99. The third-order valence-electron chi connectivity index (χ3n) is 1.75. The van der Waals surface area contributed by atoms with Gasteiger partial charge in [-0.25, -0.2) is 4.79 Å². The minimum atomic E-state index is -1.09. The van der Waals surface area contributed by atoms with Gasteiger partial charge < -0.3 is 5.11 Å². The Morgan fingerprint density at radius 3 is 2.43 bits per heavy atom. The van der Waals surface area contributed by atoms with Crippen molar-refractivity contribution in [3.8, 4) is 0 Å². The number of hydrogen-bond acceptors (Lipinski definition) is 3. The zero-order valence-corrected chi connectivity index (χ0v) is 8.96. The van der Waals surface area contributed by atoms with Crippen molar-refractivity contribution in [3.05, 3.63) is 22.5 Å². The van der Waals surface area contributed by atoms with Gasteiger partial charge in [0.1, 0.15) is 5.56 Å². The highest BCUT2D eigenvalue weighted by Crippen LogP contribution is 2.22. The Morgan fingerprint density at radius 2 is 2.00 bits per heavy atom. The van der Waals surface area contributed by atoms with Crippen molar-refractivity contribution < 1.29 is 9.90 Å². The number of carboxylic acids is 1. The van der Waals surface area contributed by atoms with E-state index in [1.54, 1.807) is 0 Å². The minimum absolute atomic E-state index is 0.00779. The lowest BCUT2D eigenvalue weighted by molar-refractivity contribution is 0.0696. The molecule has 0 spiro atoms. The molecular weight excluding hydrogens is 204 g/mol. The lowest BCUT2D eigenvalue weighted by atomic mass is 9.91. The van der Waals surface area contributed by atoms with Crippen LogP contribution in [0.5, 0.6) is 0 Å². The SMILES string of the molecule is CC(C)(C)c1cc(C(=O)O)c(Cl)nn1. The van der Waals surface area contributed by atoms with Crippen molar-refractivity contribution in [2.45, 2.75) is 26.2 Å². The summed E-state index contributed by atoms with van der Waals surface area (Å²) >= 11 is 5.59. The van der Waals surface area contributed by atoms with Gasteiger partial charge in [0.15, 0.2) is 5.15 Å². The van der Waals surface area contributed by atoms with Crippen LogP contribution in [-0.4, -0.2) is 21.3 Å². The first-order chi connectivity index (χ1) is 6.32. The molecule has 0 aliphatic heterocycles. The van der Waals surface area contributed by atoms with Gasteiger partial charge in [-0.15, -0.1) is 5.10 Å². The number of carbonyl (C=O) groups is 1. The van der Waals surface area contributed by atoms with Crippen LogP contribution in [0, 0.1) is 0 Å². The van der Waals surface area contributed by atoms with Crippen LogP contribution in [0.4, 0.5) is 0 Å². The van der Waals surface area contributed by atoms with Gasteiger partial charge in [0.05, 0.1) is 5.69 Å². The van der Waals surface area contributed by atoms with Crippen molar-refractivity contribution >= 4 is 17.6 Å². The maximum atomic E-state index is 10.7. The number of aromatic carboxylic acids is 1. The highest BCUT2D eigenvalue weighted by molar-refractivity contribution is 6.32. The zero-order chi connectivity index (χ0) is 10.9. The molecule has 1 rings (SSSR count). The molecule has 0 unspecified atom stereocenters. The zero-order valence-electron chi connectivity index (χ0n) is 8.21. The predicted octanol–water partition coefficient (Wildman–Crippen LogP) is 2.13. The molecule has 1 N–H and O–H groups in total. The summed E-state index contributed by atoms with van der Waals surface area (Å²) < 4.78 is 0. The monoisotopic (exact) mass is 214 g/mol. The fraction of sp³-hybridized carbons (Fsp3) is 0.444. The van der Waals surface area contributed by atoms with E-state index in [4.69, 9.17) is 16.7 Å². The van der Waals surface area contributed by atoms with Gasteiger partial charge in [-0.05, 0) is 6.07 Å². The molecule has 5 heteroatoms. The van der Waals surface area contributed by atoms with E-state index >= 15 is 0 Å². The maximum Gasteiger partial charge on any atom is 0.338 e. The van der Waals surface area contributed by atoms with Crippen molar-refractivity contribution in [2.75, 3.05) is 0 Å². The molecule has 0 atom stereocenters. The Labute approximate surface area is 86.9 Å². The molecule has 4 nitrogen and oxygen atoms in total. The average molecular weight is 215 g/mol. The largest absolute Gasteiger partial charge is 0.478 e. The highest BCUT2D eigenvalue weighted by Gasteiger charge is 2.20. The summed E-state index contributed by atoms with van der Waals surface area (Å²) in [6, 6.07) is 1.46. The summed E-state index contributed by atoms with van der Waals surface area (Å²) in [5, 5.41) is 16.2. The fourth-order valence-electron chi connectivity index (χ4n) is 0.893. The lowest BCUT2D eigenvalue weighted by Crippen LogP contribution is -2.16. The normalized spacial score (nSPS) is 11.4. The van der Waals surface area contributed by atoms with Crippen molar-refractivity contribution in [3.63, 3.8) is 0 Å². The van der Waals surface area contributed by atoms with Gasteiger partial charge in [-0.1, -0.05) is 32.4 Å². The quantitative estimate of drug-likeness (QED) is 0.778. The molecule has 1 heterocycles. The van der Waals surface area contributed by atoms with E-state index in [2.05, 4.69) is 10.2 Å². The van der Waals surface area contributed by atoms with Crippen molar-refractivity contribution in [1.82, 2.24) is 10.2 Å². The van der Waals surface area contributed by atoms with E-state index in [0.717, 1.165) is 0 Å². The van der Waals surface area contributed by atoms with Crippen LogP contribution in [0.2, 0.25) is 5.15 Å². The number of hydrogen-bond donors (Lipinski definition) is 1. The van der Waals surface area contributed by atoms with E-state index < -0.39 is 5.97 Å². The number of rotatable bonds is 1. The Hall–Kier alpha value is -1.16. The molecule has 0 bridgehead atoms. The summed E-state index contributed by atoms with van der Waals surface area (Å²) in [5.74, 6) is -1.09. The first kappa shape index (κ1) is 10.9. The standard InChI is InChI=1S/C9H11ClN2O2/c1-9(2,3)6-4-5(8(13)14)7(10)12-11-6/h4H,1-3H3,(H,13,14). The number of carboxylic acid groups (broad SMARTS) is 1. The van der Waals surface area contributed by atoms with Crippen LogP contribution in [-0.2, 0) is 5.41 Å².